The van der Waals surface area contributed by atoms with Crippen molar-refractivity contribution in [2.24, 2.45) is 0 Å². The van der Waals surface area contributed by atoms with E-state index >= 15 is 0 Å². The third kappa shape index (κ3) is 3.58. The largest absolute Gasteiger partial charge is 0.298 e. The van der Waals surface area contributed by atoms with Crippen molar-refractivity contribution in [3.8, 4) is 0 Å². The van der Waals surface area contributed by atoms with Gasteiger partial charge in [-0.25, -0.2) is 0 Å². The summed E-state index contributed by atoms with van der Waals surface area (Å²) in [5, 5.41) is 7.88. The number of thioether (sulfide) groups is 1. The molecule has 8 heavy (non-hydrogen) atoms. The molecule has 0 bridgehead atoms. The minimum atomic E-state index is 0. The fourth-order valence-electron chi connectivity index (χ4n) is 0.500. The molecule has 0 aromatic rings. The lowest BCUT2D eigenvalue weighted by molar-refractivity contribution is 1.04. The summed E-state index contributed by atoms with van der Waals surface area (Å²) in [5.41, 5.74) is 0. The summed E-state index contributed by atoms with van der Waals surface area (Å²) >= 11 is 1.68. The zero-order chi connectivity index (χ0) is 4.41. The van der Waals surface area contributed by atoms with E-state index in [1.165, 1.54) is 12.2 Å². The second-order valence-electron chi connectivity index (χ2n) is 1.38. The molecule has 0 unspecified atom stereocenters. The normalized spacial score (nSPS) is 16.8. The lowest BCUT2D eigenvalue weighted by Gasteiger charge is -1.77. The minimum Gasteiger partial charge on any atom is -0.298 e. The van der Waals surface area contributed by atoms with E-state index in [4.69, 9.17) is 5.41 Å². The Hall–Kier alpha value is 0.600. The molecule has 50 valence electrons. The molecule has 1 nitrogen and oxygen atoms in total. The first-order valence-corrected chi connectivity index (χ1v) is 3.08. The van der Waals surface area contributed by atoms with Gasteiger partial charge in [0, 0.05) is 0 Å². The van der Waals surface area contributed by atoms with Gasteiger partial charge in [0.05, 0.1) is 5.04 Å². The van der Waals surface area contributed by atoms with E-state index in [1.807, 2.05) is 0 Å². The first kappa shape index (κ1) is 11.4. The van der Waals surface area contributed by atoms with Gasteiger partial charge >= 0.3 is 0 Å². The van der Waals surface area contributed by atoms with Gasteiger partial charge < -0.3 is 0 Å². The molecule has 1 rings (SSSR count). The first-order chi connectivity index (χ1) is 2.89. The van der Waals surface area contributed by atoms with E-state index in [0.29, 0.717) is 0 Å². The van der Waals surface area contributed by atoms with Crippen LogP contribution >= 0.6 is 36.6 Å². The molecule has 0 spiro atoms. The van der Waals surface area contributed by atoms with Crippen LogP contribution in [0.3, 0.4) is 0 Å². The summed E-state index contributed by atoms with van der Waals surface area (Å²) in [6, 6.07) is 0. The Morgan fingerprint density at radius 2 is 2.00 bits per heavy atom. The van der Waals surface area contributed by atoms with E-state index < -0.39 is 0 Å². The van der Waals surface area contributed by atoms with Crippen LogP contribution in [0.15, 0.2) is 0 Å². The summed E-state index contributed by atoms with van der Waals surface area (Å²) in [6.07, 6.45) is 2.26. The van der Waals surface area contributed by atoms with Crippen molar-refractivity contribution >= 4 is 41.6 Å². The molecule has 0 atom stereocenters. The third-order valence-electron chi connectivity index (χ3n) is 0.824. The fraction of sp³-hybridized carbons (Fsp3) is 0.750. The monoisotopic (exact) mass is 173 g/mol. The Bertz CT molecular complexity index is 68.4. The standard InChI is InChI=1S/C4H7NS.2ClH/c5-4-2-1-3-6-4;;/h5H,1-3H2;2*1H. The van der Waals surface area contributed by atoms with Crippen molar-refractivity contribution in [1.29, 1.82) is 5.41 Å². The predicted molar refractivity (Wildman–Crippen MR) is 43.9 cm³/mol. The maximum atomic E-state index is 7.01. The molecular weight excluding hydrogens is 165 g/mol. The second-order valence-corrected chi connectivity index (χ2v) is 2.56. The summed E-state index contributed by atoms with van der Waals surface area (Å²) in [5.74, 6) is 1.18. The van der Waals surface area contributed by atoms with E-state index in [1.54, 1.807) is 11.8 Å². The molecule has 1 aliphatic heterocycles. The van der Waals surface area contributed by atoms with Crippen molar-refractivity contribution in [3.05, 3.63) is 0 Å². The van der Waals surface area contributed by atoms with E-state index in [-0.39, 0.29) is 24.8 Å². The molecule has 0 amide bonds. The van der Waals surface area contributed by atoms with Crippen LogP contribution in [0.2, 0.25) is 0 Å². The highest BCUT2D eigenvalue weighted by atomic mass is 35.5. The zero-order valence-corrected chi connectivity index (χ0v) is 6.80. The summed E-state index contributed by atoms with van der Waals surface area (Å²) in [6.45, 7) is 0. The van der Waals surface area contributed by atoms with Crippen LogP contribution in [0.25, 0.3) is 0 Å². The van der Waals surface area contributed by atoms with Crippen molar-refractivity contribution in [3.63, 3.8) is 0 Å². The Labute approximate surface area is 65.9 Å². The van der Waals surface area contributed by atoms with E-state index in [9.17, 15) is 0 Å². The summed E-state index contributed by atoms with van der Waals surface area (Å²) in [4.78, 5) is 0. The van der Waals surface area contributed by atoms with Crippen LogP contribution in [0.4, 0.5) is 0 Å². The van der Waals surface area contributed by atoms with Crippen LogP contribution in [-0.2, 0) is 0 Å². The van der Waals surface area contributed by atoms with Crippen molar-refractivity contribution < 1.29 is 0 Å². The van der Waals surface area contributed by atoms with Crippen LogP contribution < -0.4 is 0 Å². The third-order valence-corrected chi connectivity index (χ3v) is 1.87. The van der Waals surface area contributed by atoms with Gasteiger partial charge in [-0.1, -0.05) is 0 Å². The van der Waals surface area contributed by atoms with Gasteiger partial charge in [0.2, 0.25) is 0 Å². The Balaban J connectivity index is 0. The predicted octanol–water partition coefficient (Wildman–Crippen LogP) is 2.33. The average molecular weight is 174 g/mol. The van der Waals surface area contributed by atoms with Gasteiger partial charge in [0.25, 0.3) is 0 Å². The van der Waals surface area contributed by atoms with Crippen LogP contribution in [0.5, 0.6) is 0 Å². The Morgan fingerprint density at radius 3 is 2.12 bits per heavy atom. The highest BCUT2D eigenvalue weighted by molar-refractivity contribution is 8.14. The fourth-order valence-corrected chi connectivity index (χ4v) is 1.32. The molecule has 0 saturated carbocycles. The van der Waals surface area contributed by atoms with Gasteiger partial charge in [0.15, 0.2) is 0 Å². The van der Waals surface area contributed by atoms with Crippen molar-refractivity contribution in [2.45, 2.75) is 12.8 Å². The number of halogens is 2. The average Bonchev–Trinajstić information content (AvgIpc) is 1.86. The summed E-state index contributed by atoms with van der Waals surface area (Å²) in [7, 11) is 0. The molecule has 0 aromatic heterocycles. The lowest BCUT2D eigenvalue weighted by atomic mass is 10.4. The molecule has 1 aliphatic rings. The number of hydrogen-bond donors (Lipinski definition) is 1. The molecule has 1 N–H and O–H groups in total. The van der Waals surface area contributed by atoms with Gasteiger partial charge in [-0.05, 0) is 18.6 Å². The molecule has 1 saturated heterocycles. The van der Waals surface area contributed by atoms with Gasteiger partial charge in [-0.15, -0.1) is 36.6 Å². The number of hydrogen-bond acceptors (Lipinski definition) is 2. The maximum absolute atomic E-state index is 7.01. The summed E-state index contributed by atoms with van der Waals surface area (Å²) < 4.78 is 0. The maximum Gasteiger partial charge on any atom is 0.0641 e. The van der Waals surface area contributed by atoms with Crippen LogP contribution in [0, 0.1) is 5.41 Å². The van der Waals surface area contributed by atoms with Crippen LogP contribution in [0.1, 0.15) is 12.8 Å². The highest BCUT2D eigenvalue weighted by Crippen LogP contribution is 2.17. The van der Waals surface area contributed by atoms with Crippen LogP contribution in [-0.4, -0.2) is 10.8 Å². The van der Waals surface area contributed by atoms with Gasteiger partial charge in [0.1, 0.15) is 0 Å². The van der Waals surface area contributed by atoms with Gasteiger partial charge in [-0.2, -0.15) is 0 Å². The van der Waals surface area contributed by atoms with E-state index in [2.05, 4.69) is 0 Å². The van der Waals surface area contributed by atoms with Crippen molar-refractivity contribution in [1.82, 2.24) is 0 Å². The lowest BCUT2D eigenvalue weighted by Crippen LogP contribution is -1.73. The smallest absolute Gasteiger partial charge is 0.0641 e. The highest BCUT2D eigenvalue weighted by Gasteiger charge is 2.04. The second kappa shape index (κ2) is 5.73. The molecular formula is C4H9Cl2NS. The van der Waals surface area contributed by atoms with E-state index in [0.717, 1.165) is 11.5 Å². The number of nitrogens with one attached hydrogen (secondary N) is 1. The van der Waals surface area contributed by atoms with Gasteiger partial charge in [-0.3, -0.25) is 5.41 Å². The quantitative estimate of drug-likeness (QED) is 0.598. The Morgan fingerprint density at radius 1 is 1.38 bits per heavy atom. The molecule has 0 aromatic carbocycles. The molecule has 0 aliphatic carbocycles. The number of rotatable bonds is 0. The van der Waals surface area contributed by atoms with Crippen molar-refractivity contribution in [2.75, 3.05) is 5.75 Å². The molecule has 1 heterocycles. The minimum absolute atomic E-state index is 0. The molecule has 1 fully saturated rings. The first-order valence-electron chi connectivity index (χ1n) is 2.10. The zero-order valence-electron chi connectivity index (χ0n) is 4.35. The molecule has 0 radical (unpaired) electrons. The SMILES string of the molecule is Cl.Cl.N=C1CCCS1. The Kier molecular flexibility index (Phi) is 8.17. The molecule has 4 heteroatoms. The topological polar surface area (TPSA) is 23.9 Å².